The largest absolute Gasteiger partial charge is 0.330 e. The lowest BCUT2D eigenvalue weighted by Crippen LogP contribution is -1.94. The highest BCUT2D eigenvalue weighted by Crippen LogP contribution is 2.47. The van der Waals surface area contributed by atoms with Crippen molar-refractivity contribution in [2.45, 2.75) is 187 Å². The third-order valence-corrected chi connectivity index (χ3v) is 9.82. The van der Waals surface area contributed by atoms with Gasteiger partial charge >= 0.3 is 7.60 Å². The molecule has 0 N–H and O–H groups in total. The van der Waals surface area contributed by atoms with Crippen LogP contribution in [0, 0.1) is 0 Å². The van der Waals surface area contributed by atoms with Crippen molar-refractivity contribution in [2.24, 2.45) is 0 Å². The summed E-state index contributed by atoms with van der Waals surface area (Å²) in [6, 6.07) is 0. The second kappa shape index (κ2) is 29.7. The van der Waals surface area contributed by atoms with E-state index in [-0.39, 0.29) is 0 Å². The lowest BCUT2D eigenvalue weighted by atomic mass is 10.0. The molecule has 0 spiro atoms. The molecule has 0 amide bonds. The standard InChI is InChI=1S/C32H67O3P/c1-4-5-6-7-8-9-10-11-12-13-14-15-16-17-18-19-20-21-22-23-24-25-26-27-28-29-30-31-32-36(33,34-2)35-3/h4-32H2,1-3H3. The van der Waals surface area contributed by atoms with E-state index in [4.69, 9.17) is 9.05 Å². The molecule has 0 atom stereocenters. The molecule has 0 aliphatic carbocycles. The van der Waals surface area contributed by atoms with Crippen LogP contribution in [-0.2, 0) is 13.6 Å². The van der Waals surface area contributed by atoms with E-state index in [1.54, 1.807) is 0 Å². The van der Waals surface area contributed by atoms with Gasteiger partial charge in [-0.05, 0) is 6.42 Å². The van der Waals surface area contributed by atoms with Crippen LogP contribution in [0.15, 0.2) is 0 Å². The molecule has 0 aromatic carbocycles. The van der Waals surface area contributed by atoms with Crippen molar-refractivity contribution in [1.29, 1.82) is 0 Å². The van der Waals surface area contributed by atoms with Crippen LogP contribution in [0.5, 0.6) is 0 Å². The fraction of sp³-hybridized carbons (Fsp3) is 1.00. The maximum absolute atomic E-state index is 12.0. The molecule has 0 saturated carbocycles. The topological polar surface area (TPSA) is 35.5 Å². The summed E-state index contributed by atoms with van der Waals surface area (Å²) in [5.74, 6) is 0. The Balaban J connectivity index is 3.09. The van der Waals surface area contributed by atoms with Crippen molar-refractivity contribution >= 4 is 7.60 Å². The van der Waals surface area contributed by atoms with Gasteiger partial charge in [-0.25, -0.2) is 0 Å². The van der Waals surface area contributed by atoms with Crippen LogP contribution in [-0.4, -0.2) is 20.4 Å². The first-order valence-corrected chi connectivity index (χ1v) is 18.1. The minimum Gasteiger partial charge on any atom is -0.312 e. The zero-order valence-corrected chi connectivity index (χ0v) is 26.1. The fourth-order valence-electron chi connectivity index (χ4n) is 5.23. The van der Waals surface area contributed by atoms with E-state index in [1.165, 1.54) is 181 Å². The Labute approximate surface area is 228 Å². The van der Waals surface area contributed by atoms with Gasteiger partial charge in [0, 0.05) is 14.2 Å². The fourth-order valence-corrected chi connectivity index (χ4v) is 6.36. The Morgan fingerprint density at radius 1 is 0.361 bits per heavy atom. The van der Waals surface area contributed by atoms with Crippen LogP contribution >= 0.6 is 7.60 Å². The highest BCUT2D eigenvalue weighted by atomic mass is 31.2. The van der Waals surface area contributed by atoms with E-state index in [0.29, 0.717) is 6.16 Å². The Bertz CT molecular complexity index is 447. The van der Waals surface area contributed by atoms with Crippen molar-refractivity contribution < 1.29 is 13.6 Å². The number of rotatable bonds is 31. The quantitative estimate of drug-likeness (QED) is 0.0660. The van der Waals surface area contributed by atoms with Crippen LogP contribution in [0.1, 0.15) is 187 Å². The lowest BCUT2D eigenvalue weighted by Gasteiger charge is -2.12. The smallest absolute Gasteiger partial charge is 0.312 e. The van der Waals surface area contributed by atoms with Crippen LogP contribution in [0.25, 0.3) is 0 Å². The average Bonchev–Trinajstić information content (AvgIpc) is 2.90. The van der Waals surface area contributed by atoms with Crippen molar-refractivity contribution in [3.05, 3.63) is 0 Å². The number of unbranched alkanes of at least 4 members (excludes halogenated alkanes) is 27. The van der Waals surface area contributed by atoms with Gasteiger partial charge < -0.3 is 9.05 Å². The van der Waals surface area contributed by atoms with Gasteiger partial charge in [-0.2, -0.15) is 0 Å². The van der Waals surface area contributed by atoms with Gasteiger partial charge in [-0.1, -0.05) is 180 Å². The van der Waals surface area contributed by atoms with Crippen molar-refractivity contribution in [3.8, 4) is 0 Å². The number of hydrogen-bond acceptors (Lipinski definition) is 3. The summed E-state index contributed by atoms with van der Waals surface area (Å²) in [4.78, 5) is 0. The Morgan fingerprint density at radius 3 is 0.750 bits per heavy atom. The van der Waals surface area contributed by atoms with Gasteiger partial charge in [-0.15, -0.1) is 0 Å². The predicted octanol–water partition coefficient (Wildman–Crippen LogP) is 12.4. The molecule has 0 radical (unpaired) electrons. The van der Waals surface area contributed by atoms with Gasteiger partial charge in [0.25, 0.3) is 0 Å². The van der Waals surface area contributed by atoms with E-state index in [9.17, 15) is 4.57 Å². The SMILES string of the molecule is CCCCCCCCCCCCCCCCCCCCCCCCCCCCCCP(=O)(OC)OC. The van der Waals surface area contributed by atoms with Crippen molar-refractivity contribution in [3.63, 3.8) is 0 Å². The first kappa shape index (κ1) is 36.1. The van der Waals surface area contributed by atoms with Crippen molar-refractivity contribution in [2.75, 3.05) is 20.4 Å². The molecule has 0 saturated heterocycles. The zero-order valence-electron chi connectivity index (χ0n) is 25.2. The summed E-state index contributed by atoms with van der Waals surface area (Å²) in [6.07, 6.45) is 39.9. The maximum atomic E-state index is 12.0. The molecule has 4 heteroatoms. The zero-order chi connectivity index (χ0) is 26.4. The third kappa shape index (κ3) is 27.2. The normalized spacial score (nSPS) is 12.0. The molecule has 0 aromatic heterocycles. The van der Waals surface area contributed by atoms with Gasteiger partial charge in [0.15, 0.2) is 0 Å². The predicted molar refractivity (Wildman–Crippen MR) is 161 cm³/mol. The molecule has 0 bridgehead atoms. The van der Waals surface area contributed by atoms with E-state index in [2.05, 4.69) is 6.92 Å². The summed E-state index contributed by atoms with van der Waals surface area (Å²) >= 11 is 0. The summed E-state index contributed by atoms with van der Waals surface area (Å²) in [7, 11) is 0.174. The van der Waals surface area contributed by atoms with E-state index >= 15 is 0 Å². The summed E-state index contributed by atoms with van der Waals surface area (Å²) in [6.45, 7) is 2.30. The number of hydrogen-bond donors (Lipinski definition) is 0. The molecule has 0 aliphatic rings. The van der Waals surface area contributed by atoms with Gasteiger partial charge in [0.05, 0.1) is 6.16 Å². The minimum atomic E-state index is -2.78. The maximum Gasteiger partial charge on any atom is 0.330 e. The molecule has 36 heavy (non-hydrogen) atoms. The highest BCUT2D eigenvalue weighted by molar-refractivity contribution is 7.53. The Morgan fingerprint density at radius 2 is 0.556 bits per heavy atom. The van der Waals surface area contributed by atoms with E-state index < -0.39 is 7.60 Å². The molecule has 0 aliphatic heterocycles. The summed E-state index contributed by atoms with van der Waals surface area (Å²) in [5.41, 5.74) is 0. The highest BCUT2D eigenvalue weighted by Gasteiger charge is 2.19. The van der Waals surface area contributed by atoms with Gasteiger partial charge in [-0.3, -0.25) is 4.57 Å². The molecule has 3 nitrogen and oxygen atoms in total. The molecule has 0 rings (SSSR count). The first-order valence-electron chi connectivity index (χ1n) is 16.4. The van der Waals surface area contributed by atoms with E-state index in [0.717, 1.165) is 12.8 Å². The summed E-state index contributed by atoms with van der Waals surface area (Å²) < 4.78 is 21.9. The van der Waals surface area contributed by atoms with Crippen LogP contribution in [0.2, 0.25) is 0 Å². The second-order valence-corrected chi connectivity index (χ2v) is 13.6. The van der Waals surface area contributed by atoms with Gasteiger partial charge in [0.1, 0.15) is 0 Å². The molecule has 218 valence electrons. The Hall–Kier alpha value is 0.150. The Kier molecular flexibility index (Phi) is 29.8. The molecular formula is C32H67O3P. The summed E-state index contributed by atoms with van der Waals surface area (Å²) in [5, 5.41) is 0. The molecular weight excluding hydrogens is 463 g/mol. The third-order valence-electron chi connectivity index (χ3n) is 7.84. The second-order valence-electron chi connectivity index (χ2n) is 11.2. The van der Waals surface area contributed by atoms with Gasteiger partial charge in [0.2, 0.25) is 0 Å². The molecule has 0 aromatic rings. The molecule has 0 heterocycles. The first-order chi connectivity index (χ1) is 17.7. The molecule has 0 fully saturated rings. The monoisotopic (exact) mass is 530 g/mol. The molecule has 0 unspecified atom stereocenters. The lowest BCUT2D eigenvalue weighted by molar-refractivity contribution is 0.275. The minimum absolute atomic E-state index is 0.555. The van der Waals surface area contributed by atoms with Crippen LogP contribution in [0.3, 0.4) is 0 Å². The van der Waals surface area contributed by atoms with E-state index in [1.807, 2.05) is 0 Å². The van der Waals surface area contributed by atoms with Crippen molar-refractivity contribution in [1.82, 2.24) is 0 Å². The van der Waals surface area contributed by atoms with Crippen LogP contribution < -0.4 is 0 Å². The van der Waals surface area contributed by atoms with Crippen LogP contribution in [0.4, 0.5) is 0 Å². The average molecular weight is 531 g/mol.